The van der Waals surface area contributed by atoms with Crippen molar-refractivity contribution >= 4 is 5.82 Å². The average molecular weight is 172 g/mol. The number of benzene rings is 1. The third-order valence-corrected chi connectivity index (χ3v) is 2.02. The molecule has 0 bridgehead atoms. The predicted molar refractivity (Wildman–Crippen MR) is 54.5 cm³/mol. The summed E-state index contributed by atoms with van der Waals surface area (Å²) in [6.07, 6.45) is 2.89. The van der Waals surface area contributed by atoms with Crippen LogP contribution in [-0.2, 0) is 6.42 Å². The molecule has 2 nitrogen and oxygen atoms in total. The van der Waals surface area contributed by atoms with Gasteiger partial charge in [0.1, 0.15) is 5.82 Å². The Morgan fingerprint density at radius 1 is 1.08 bits per heavy atom. The van der Waals surface area contributed by atoms with E-state index in [9.17, 15) is 0 Å². The van der Waals surface area contributed by atoms with E-state index >= 15 is 0 Å². The van der Waals surface area contributed by atoms with Crippen molar-refractivity contribution in [3.8, 4) is 0 Å². The quantitative estimate of drug-likeness (QED) is 0.716. The number of aromatic nitrogens is 1. The second-order valence-corrected chi connectivity index (χ2v) is 3.13. The number of hydrogen-bond acceptors (Lipinski definition) is 1. The van der Waals surface area contributed by atoms with Crippen molar-refractivity contribution < 1.29 is 0 Å². The predicted octanol–water partition coefficient (Wildman–Crippen LogP) is 2.19. The SMILES string of the molecule is Nc1cc(Cc2ccccc2)c[nH]1. The number of aromatic amines is 1. The van der Waals surface area contributed by atoms with Crippen LogP contribution in [0, 0.1) is 0 Å². The van der Waals surface area contributed by atoms with Crippen LogP contribution in [0.15, 0.2) is 42.6 Å². The highest BCUT2D eigenvalue weighted by Crippen LogP contribution is 2.10. The van der Waals surface area contributed by atoms with E-state index in [0.717, 1.165) is 12.2 Å². The van der Waals surface area contributed by atoms with Crippen LogP contribution < -0.4 is 5.73 Å². The molecule has 2 heteroatoms. The molecule has 1 aromatic heterocycles. The molecule has 0 unspecified atom stereocenters. The van der Waals surface area contributed by atoms with Gasteiger partial charge in [-0.2, -0.15) is 0 Å². The maximum Gasteiger partial charge on any atom is 0.100 e. The van der Waals surface area contributed by atoms with Crippen LogP contribution in [0.2, 0.25) is 0 Å². The lowest BCUT2D eigenvalue weighted by Gasteiger charge is -1.96. The van der Waals surface area contributed by atoms with E-state index in [-0.39, 0.29) is 0 Å². The summed E-state index contributed by atoms with van der Waals surface area (Å²) in [5.41, 5.74) is 8.11. The fraction of sp³-hybridized carbons (Fsp3) is 0.0909. The van der Waals surface area contributed by atoms with Gasteiger partial charge in [-0.1, -0.05) is 30.3 Å². The van der Waals surface area contributed by atoms with Gasteiger partial charge in [-0.05, 0) is 23.6 Å². The largest absolute Gasteiger partial charge is 0.385 e. The van der Waals surface area contributed by atoms with Crippen molar-refractivity contribution in [2.75, 3.05) is 5.73 Å². The fourth-order valence-electron chi connectivity index (χ4n) is 1.39. The van der Waals surface area contributed by atoms with E-state index in [1.807, 2.05) is 30.5 Å². The lowest BCUT2D eigenvalue weighted by atomic mass is 10.1. The van der Waals surface area contributed by atoms with Crippen molar-refractivity contribution in [2.24, 2.45) is 0 Å². The molecule has 0 radical (unpaired) electrons. The second kappa shape index (κ2) is 3.35. The monoisotopic (exact) mass is 172 g/mol. The van der Waals surface area contributed by atoms with E-state index in [4.69, 9.17) is 5.73 Å². The standard InChI is InChI=1S/C11H12N2/c12-11-7-10(8-13-11)6-9-4-2-1-3-5-9/h1-5,7-8,13H,6,12H2. The highest BCUT2D eigenvalue weighted by molar-refractivity contribution is 5.36. The lowest BCUT2D eigenvalue weighted by Crippen LogP contribution is -1.84. The van der Waals surface area contributed by atoms with Gasteiger partial charge in [-0.25, -0.2) is 0 Å². The number of H-pyrrole nitrogens is 1. The molecule has 3 N–H and O–H groups in total. The molecule has 1 heterocycles. The van der Waals surface area contributed by atoms with Crippen LogP contribution in [0.4, 0.5) is 5.82 Å². The summed E-state index contributed by atoms with van der Waals surface area (Å²) in [5.74, 6) is 0.728. The van der Waals surface area contributed by atoms with Crippen LogP contribution in [0.3, 0.4) is 0 Å². The maximum atomic E-state index is 5.58. The second-order valence-electron chi connectivity index (χ2n) is 3.13. The Morgan fingerprint density at radius 3 is 2.46 bits per heavy atom. The number of rotatable bonds is 2. The molecule has 0 saturated carbocycles. The first-order chi connectivity index (χ1) is 6.34. The number of nitrogen functional groups attached to an aromatic ring is 1. The molecule has 0 aliphatic heterocycles. The average Bonchev–Trinajstić information content (AvgIpc) is 2.53. The summed E-state index contributed by atoms with van der Waals surface area (Å²) in [5, 5.41) is 0. The van der Waals surface area contributed by atoms with E-state index in [1.54, 1.807) is 0 Å². The van der Waals surface area contributed by atoms with Crippen LogP contribution in [0.5, 0.6) is 0 Å². The van der Waals surface area contributed by atoms with Crippen LogP contribution in [-0.4, -0.2) is 4.98 Å². The summed E-state index contributed by atoms with van der Waals surface area (Å²) in [6.45, 7) is 0. The summed E-state index contributed by atoms with van der Waals surface area (Å²) < 4.78 is 0. The molecule has 13 heavy (non-hydrogen) atoms. The van der Waals surface area contributed by atoms with Gasteiger partial charge in [0, 0.05) is 6.20 Å². The Kier molecular flexibility index (Phi) is 2.04. The van der Waals surface area contributed by atoms with Crippen molar-refractivity contribution in [3.05, 3.63) is 53.7 Å². The van der Waals surface area contributed by atoms with Gasteiger partial charge in [0.05, 0.1) is 0 Å². The van der Waals surface area contributed by atoms with Crippen molar-refractivity contribution in [2.45, 2.75) is 6.42 Å². The molecule has 0 atom stereocenters. The number of anilines is 1. The van der Waals surface area contributed by atoms with Gasteiger partial charge in [0.25, 0.3) is 0 Å². The zero-order chi connectivity index (χ0) is 9.10. The van der Waals surface area contributed by atoms with Gasteiger partial charge in [0.2, 0.25) is 0 Å². The molecular weight excluding hydrogens is 160 g/mol. The molecule has 2 aromatic rings. The van der Waals surface area contributed by atoms with Gasteiger partial charge < -0.3 is 10.7 Å². The Morgan fingerprint density at radius 2 is 1.85 bits per heavy atom. The molecule has 2 rings (SSSR count). The van der Waals surface area contributed by atoms with E-state index in [2.05, 4.69) is 17.1 Å². The van der Waals surface area contributed by atoms with Gasteiger partial charge in [0.15, 0.2) is 0 Å². The Labute approximate surface area is 77.4 Å². The first-order valence-electron chi connectivity index (χ1n) is 4.31. The Bertz CT molecular complexity index is 376. The molecular formula is C11H12N2. The van der Waals surface area contributed by atoms with Crippen molar-refractivity contribution in [1.29, 1.82) is 0 Å². The topological polar surface area (TPSA) is 41.8 Å². The van der Waals surface area contributed by atoms with Crippen LogP contribution in [0.25, 0.3) is 0 Å². The minimum Gasteiger partial charge on any atom is -0.385 e. The fourth-order valence-corrected chi connectivity index (χ4v) is 1.39. The summed E-state index contributed by atoms with van der Waals surface area (Å²) in [7, 11) is 0. The third kappa shape index (κ3) is 1.90. The molecule has 0 spiro atoms. The Balaban J connectivity index is 2.15. The number of nitrogens with two attached hydrogens (primary N) is 1. The van der Waals surface area contributed by atoms with E-state index in [0.29, 0.717) is 0 Å². The maximum absolute atomic E-state index is 5.58. The number of nitrogens with one attached hydrogen (secondary N) is 1. The molecule has 0 aliphatic rings. The minimum absolute atomic E-state index is 0.728. The van der Waals surface area contributed by atoms with Crippen molar-refractivity contribution in [1.82, 2.24) is 4.98 Å². The zero-order valence-electron chi connectivity index (χ0n) is 7.33. The zero-order valence-corrected chi connectivity index (χ0v) is 7.33. The lowest BCUT2D eigenvalue weighted by molar-refractivity contribution is 1.20. The summed E-state index contributed by atoms with van der Waals surface area (Å²) in [4.78, 5) is 2.97. The van der Waals surface area contributed by atoms with Gasteiger partial charge in [-0.3, -0.25) is 0 Å². The third-order valence-electron chi connectivity index (χ3n) is 2.02. The minimum atomic E-state index is 0.728. The van der Waals surface area contributed by atoms with Crippen LogP contribution in [0.1, 0.15) is 11.1 Å². The molecule has 0 fully saturated rings. The highest BCUT2D eigenvalue weighted by Gasteiger charge is 1.96. The first-order valence-corrected chi connectivity index (χ1v) is 4.31. The van der Waals surface area contributed by atoms with E-state index < -0.39 is 0 Å². The van der Waals surface area contributed by atoms with Gasteiger partial charge >= 0.3 is 0 Å². The van der Waals surface area contributed by atoms with Crippen molar-refractivity contribution in [3.63, 3.8) is 0 Å². The molecule has 0 amide bonds. The molecule has 0 aliphatic carbocycles. The normalized spacial score (nSPS) is 10.2. The molecule has 66 valence electrons. The smallest absolute Gasteiger partial charge is 0.100 e. The summed E-state index contributed by atoms with van der Waals surface area (Å²) >= 11 is 0. The van der Waals surface area contributed by atoms with Crippen LogP contribution >= 0.6 is 0 Å². The molecule has 1 aromatic carbocycles. The number of hydrogen-bond donors (Lipinski definition) is 2. The van der Waals surface area contributed by atoms with Gasteiger partial charge in [-0.15, -0.1) is 0 Å². The molecule has 0 saturated heterocycles. The summed E-state index contributed by atoms with van der Waals surface area (Å²) in [6, 6.07) is 12.3. The Hall–Kier alpha value is -1.70. The first kappa shape index (κ1) is 7.92. The van der Waals surface area contributed by atoms with E-state index in [1.165, 1.54) is 11.1 Å². The highest BCUT2D eigenvalue weighted by atomic mass is 14.8.